The summed E-state index contributed by atoms with van der Waals surface area (Å²) in [6.45, 7) is 1.04. The highest BCUT2D eigenvalue weighted by Crippen LogP contribution is 2.49. The first-order valence-corrected chi connectivity index (χ1v) is 6.67. The minimum Gasteiger partial charge on any atom is -0.395 e. The van der Waals surface area contributed by atoms with Gasteiger partial charge in [-0.2, -0.15) is 0 Å². The smallest absolute Gasteiger partial charge is 0.0527 e. The van der Waals surface area contributed by atoms with Crippen LogP contribution in [0.2, 0.25) is 0 Å². The molecule has 92 valence electrons. The van der Waals surface area contributed by atoms with Gasteiger partial charge in [-0.25, -0.2) is 0 Å². The van der Waals surface area contributed by atoms with Crippen LogP contribution in [0, 0.1) is 0 Å². The van der Waals surface area contributed by atoms with Crippen LogP contribution in [-0.2, 0) is 10.8 Å². The van der Waals surface area contributed by atoms with Crippen molar-refractivity contribution in [2.45, 2.75) is 42.9 Å². The summed E-state index contributed by atoms with van der Waals surface area (Å²) in [5.74, 6) is 0. The third-order valence-corrected chi connectivity index (χ3v) is 4.94. The van der Waals surface area contributed by atoms with Gasteiger partial charge in [-0.05, 0) is 36.8 Å². The summed E-state index contributed by atoms with van der Waals surface area (Å²) < 4.78 is 0. The fourth-order valence-electron chi connectivity index (χ4n) is 3.08. The van der Waals surface area contributed by atoms with Gasteiger partial charge in [-0.1, -0.05) is 30.7 Å². The largest absolute Gasteiger partial charge is 0.395 e. The molecule has 3 rings (SSSR count). The minimum absolute atomic E-state index is 0.0789. The van der Waals surface area contributed by atoms with Crippen molar-refractivity contribution >= 4 is 0 Å². The van der Waals surface area contributed by atoms with Crippen molar-refractivity contribution in [3.05, 3.63) is 35.4 Å². The first kappa shape index (κ1) is 11.2. The first-order valence-electron chi connectivity index (χ1n) is 6.67. The SMILES string of the molecule is NCC1(c2cccc(C3(CO)CC3)c2)CCC1. The highest BCUT2D eigenvalue weighted by Gasteiger charge is 2.45. The molecule has 0 aliphatic heterocycles. The van der Waals surface area contributed by atoms with Gasteiger partial charge in [-0.15, -0.1) is 0 Å². The van der Waals surface area contributed by atoms with Crippen molar-refractivity contribution in [1.82, 2.24) is 0 Å². The maximum absolute atomic E-state index is 9.51. The minimum atomic E-state index is 0.0789. The van der Waals surface area contributed by atoms with Crippen LogP contribution in [0.25, 0.3) is 0 Å². The van der Waals surface area contributed by atoms with Gasteiger partial charge in [0, 0.05) is 17.4 Å². The van der Waals surface area contributed by atoms with Crippen LogP contribution >= 0.6 is 0 Å². The first-order chi connectivity index (χ1) is 8.25. The van der Waals surface area contributed by atoms with Gasteiger partial charge < -0.3 is 10.8 Å². The predicted molar refractivity (Wildman–Crippen MR) is 69.0 cm³/mol. The second-order valence-electron chi connectivity index (χ2n) is 5.86. The number of rotatable bonds is 4. The second kappa shape index (κ2) is 3.82. The fourth-order valence-corrected chi connectivity index (χ4v) is 3.08. The van der Waals surface area contributed by atoms with E-state index in [1.165, 1.54) is 30.4 Å². The van der Waals surface area contributed by atoms with Crippen molar-refractivity contribution in [2.24, 2.45) is 5.73 Å². The number of benzene rings is 1. The van der Waals surface area contributed by atoms with Gasteiger partial charge in [-0.3, -0.25) is 0 Å². The van der Waals surface area contributed by atoms with Crippen LogP contribution in [0.5, 0.6) is 0 Å². The monoisotopic (exact) mass is 231 g/mol. The molecule has 2 aliphatic carbocycles. The highest BCUT2D eigenvalue weighted by atomic mass is 16.3. The summed E-state index contributed by atoms with van der Waals surface area (Å²) in [5.41, 5.74) is 8.98. The van der Waals surface area contributed by atoms with E-state index in [9.17, 15) is 5.11 Å². The molecule has 17 heavy (non-hydrogen) atoms. The van der Waals surface area contributed by atoms with Crippen LogP contribution in [0.3, 0.4) is 0 Å². The van der Waals surface area contributed by atoms with Gasteiger partial charge >= 0.3 is 0 Å². The molecule has 0 unspecified atom stereocenters. The lowest BCUT2D eigenvalue weighted by Gasteiger charge is -2.42. The summed E-state index contributed by atoms with van der Waals surface area (Å²) in [5, 5.41) is 9.51. The normalized spacial score (nSPS) is 24.1. The number of aliphatic hydroxyl groups is 1. The zero-order valence-electron chi connectivity index (χ0n) is 10.3. The maximum Gasteiger partial charge on any atom is 0.0527 e. The molecular weight excluding hydrogens is 210 g/mol. The Morgan fingerprint density at radius 1 is 1.06 bits per heavy atom. The van der Waals surface area contributed by atoms with Crippen molar-refractivity contribution in [3.8, 4) is 0 Å². The Morgan fingerprint density at radius 3 is 2.12 bits per heavy atom. The van der Waals surface area contributed by atoms with Crippen LogP contribution in [0.15, 0.2) is 24.3 Å². The third kappa shape index (κ3) is 1.62. The fraction of sp³-hybridized carbons (Fsp3) is 0.600. The van der Waals surface area contributed by atoms with Gasteiger partial charge in [0.05, 0.1) is 6.61 Å². The Bertz CT molecular complexity index is 413. The molecule has 1 aromatic rings. The molecule has 0 bridgehead atoms. The molecule has 2 heteroatoms. The maximum atomic E-state index is 9.51. The quantitative estimate of drug-likeness (QED) is 0.833. The van der Waals surface area contributed by atoms with Crippen molar-refractivity contribution in [1.29, 1.82) is 0 Å². The average Bonchev–Trinajstić information content (AvgIpc) is 3.10. The molecular formula is C15H21NO. The van der Waals surface area contributed by atoms with Crippen LogP contribution < -0.4 is 5.73 Å². The van der Waals surface area contributed by atoms with E-state index in [1.54, 1.807) is 0 Å². The summed E-state index contributed by atoms with van der Waals surface area (Å²) in [6.07, 6.45) is 6.00. The average molecular weight is 231 g/mol. The van der Waals surface area contributed by atoms with Crippen molar-refractivity contribution in [2.75, 3.05) is 13.2 Å². The Morgan fingerprint density at radius 2 is 1.71 bits per heavy atom. The lowest BCUT2D eigenvalue weighted by atomic mass is 9.64. The van der Waals surface area contributed by atoms with E-state index in [1.807, 2.05) is 0 Å². The molecule has 0 radical (unpaired) electrons. The molecule has 2 fully saturated rings. The van der Waals surface area contributed by atoms with Crippen LogP contribution in [-0.4, -0.2) is 18.3 Å². The highest BCUT2D eigenvalue weighted by molar-refractivity contribution is 5.39. The van der Waals surface area contributed by atoms with E-state index in [4.69, 9.17) is 5.73 Å². The summed E-state index contributed by atoms with van der Waals surface area (Å²) in [6, 6.07) is 8.81. The zero-order valence-corrected chi connectivity index (χ0v) is 10.3. The van der Waals surface area contributed by atoms with Crippen LogP contribution in [0.1, 0.15) is 43.2 Å². The van der Waals surface area contributed by atoms with E-state index in [2.05, 4.69) is 24.3 Å². The summed E-state index contributed by atoms with van der Waals surface area (Å²) >= 11 is 0. The Labute approximate surface area is 103 Å². The molecule has 0 atom stereocenters. The number of hydrogen-bond acceptors (Lipinski definition) is 2. The molecule has 1 aromatic carbocycles. The standard InChI is InChI=1S/C15H21NO/c16-10-14(5-2-6-14)12-3-1-4-13(9-12)15(11-17)7-8-15/h1,3-4,9,17H,2,5-8,10-11,16H2. The van der Waals surface area contributed by atoms with E-state index >= 15 is 0 Å². The Balaban J connectivity index is 1.94. The van der Waals surface area contributed by atoms with Gasteiger partial charge in [0.1, 0.15) is 0 Å². The molecule has 3 N–H and O–H groups in total. The lowest BCUT2D eigenvalue weighted by Crippen LogP contribution is -2.41. The molecule has 2 nitrogen and oxygen atoms in total. The molecule has 0 aromatic heterocycles. The molecule has 2 saturated carbocycles. The van der Waals surface area contributed by atoms with Crippen molar-refractivity contribution < 1.29 is 5.11 Å². The van der Waals surface area contributed by atoms with Crippen molar-refractivity contribution in [3.63, 3.8) is 0 Å². The third-order valence-electron chi connectivity index (χ3n) is 4.94. The molecule has 0 spiro atoms. The predicted octanol–water partition coefficient (Wildman–Crippen LogP) is 2.09. The lowest BCUT2D eigenvalue weighted by molar-refractivity contribution is 0.248. The van der Waals surface area contributed by atoms with Crippen LogP contribution in [0.4, 0.5) is 0 Å². The van der Waals surface area contributed by atoms with E-state index in [0.29, 0.717) is 0 Å². The van der Waals surface area contributed by atoms with Gasteiger partial charge in [0.2, 0.25) is 0 Å². The zero-order chi connectivity index (χ0) is 11.9. The topological polar surface area (TPSA) is 46.2 Å². The number of aliphatic hydroxyl groups excluding tert-OH is 1. The summed E-state index contributed by atoms with van der Waals surface area (Å²) in [4.78, 5) is 0. The molecule has 0 amide bonds. The van der Waals surface area contributed by atoms with E-state index < -0.39 is 0 Å². The molecule has 0 saturated heterocycles. The molecule has 0 heterocycles. The van der Waals surface area contributed by atoms with Gasteiger partial charge in [0.15, 0.2) is 0 Å². The van der Waals surface area contributed by atoms with E-state index in [0.717, 1.165) is 19.4 Å². The Hall–Kier alpha value is -0.860. The Kier molecular flexibility index (Phi) is 2.53. The van der Waals surface area contributed by atoms with Gasteiger partial charge in [0.25, 0.3) is 0 Å². The summed E-state index contributed by atoms with van der Waals surface area (Å²) in [7, 11) is 0. The van der Waals surface area contributed by atoms with E-state index in [-0.39, 0.29) is 17.4 Å². The number of hydrogen-bond donors (Lipinski definition) is 2. The number of nitrogens with two attached hydrogens (primary N) is 1. The molecule has 2 aliphatic rings. The second-order valence-corrected chi connectivity index (χ2v) is 5.86.